The molecule has 0 heterocycles. The third kappa shape index (κ3) is 3.72. The molecule has 17 heavy (non-hydrogen) atoms. The number of hydrogen-bond donors (Lipinski definition) is 2. The van der Waals surface area contributed by atoms with Gasteiger partial charge in [-0.2, -0.15) is 0 Å². The van der Waals surface area contributed by atoms with E-state index in [9.17, 15) is 9.59 Å². The Hall–Kier alpha value is -1.06. The number of carboxylic acid groups (broad SMARTS) is 1. The maximum atomic E-state index is 11.8. The van der Waals surface area contributed by atoms with Crippen molar-refractivity contribution in [2.24, 2.45) is 17.8 Å². The first kappa shape index (κ1) is 12.4. The molecule has 4 heteroatoms. The minimum absolute atomic E-state index is 0.0598. The summed E-state index contributed by atoms with van der Waals surface area (Å²) in [5.74, 6) is -0.164. The van der Waals surface area contributed by atoms with Crippen LogP contribution in [-0.2, 0) is 9.59 Å². The Morgan fingerprint density at radius 1 is 1.12 bits per heavy atom. The number of rotatable bonds is 6. The molecule has 0 aliphatic heterocycles. The van der Waals surface area contributed by atoms with Crippen molar-refractivity contribution in [3.63, 3.8) is 0 Å². The van der Waals surface area contributed by atoms with Crippen molar-refractivity contribution >= 4 is 11.9 Å². The zero-order chi connectivity index (χ0) is 12.3. The molecule has 2 atom stereocenters. The molecular formula is C13H21NO3. The van der Waals surface area contributed by atoms with Gasteiger partial charge < -0.3 is 10.4 Å². The fraction of sp³-hybridized carbons (Fsp3) is 0.846. The SMILES string of the molecule is O=C(O)C1CCC(C(=O)NCCCC2CC2)C1. The smallest absolute Gasteiger partial charge is 0.306 e. The number of hydrogen-bond acceptors (Lipinski definition) is 2. The van der Waals surface area contributed by atoms with Crippen LogP contribution in [-0.4, -0.2) is 23.5 Å². The molecule has 0 bridgehead atoms. The fourth-order valence-electron chi connectivity index (χ4n) is 2.60. The third-order valence-corrected chi connectivity index (χ3v) is 3.94. The zero-order valence-corrected chi connectivity index (χ0v) is 10.2. The van der Waals surface area contributed by atoms with Crippen molar-refractivity contribution in [2.45, 2.75) is 44.9 Å². The van der Waals surface area contributed by atoms with Gasteiger partial charge in [-0.05, 0) is 38.0 Å². The monoisotopic (exact) mass is 239 g/mol. The van der Waals surface area contributed by atoms with E-state index in [-0.39, 0.29) is 17.7 Å². The van der Waals surface area contributed by atoms with Crippen LogP contribution in [0.15, 0.2) is 0 Å². The highest BCUT2D eigenvalue weighted by molar-refractivity contribution is 5.80. The van der Waals surface area contributed by atoms with Crippen LogP contribution < -0.4 is 5.32 Å². The molecule has 2 aliphatic carbocycles. The summed E-state index contributed by atoms with van der Waals surface area (Å²) in [6.07, 6.45) is 6.90. The van der Waals surface area contributed by atoms with Crippen molar-refractivity contribution in [3.05, 3.63) is 0 Å². The quantitative estimate of drug-likeness (QED) is 0.694. The average molecular weight is 239 g/mol. The molecule has 0 aromatic rings. The van der Waals surface area contributed by atoms with Gasteiger partial charge >= 0.3 is 5.97 Å². The highest BCUT2D eigenvalue weighted by Gasteiger charge is 2.33. The average Bonchev–Trinajstić information content (AvgIpc) is 2.97. The molecule has 2 aliphatic rings. The summed E-state index contributed by atoms with van der Waals surface area (Å²) in [6, 6.07) is 0. The lowest BCUT2D eigenvalue weighted by molar-refractivity contribution is -0.141. The van der Waals surface area contributed by atoms with Crippen molar-refractivity contribution in [1.82, 2.24) is 5.32 Å². The van der Waals surface area contributed by atoms with Crippen molar-refractivity contribution < 1.29 is 14.7 Å². The second kappa shape index (κ2) is 5.52. The molecule has 2 unspecified atom stereocenters. The maximum Gasteiger partial charge on any atom is 0.306 e. The van der Waals surface area contributed by atoms with E-state index < -0.39 is 5.97 Å². The lowest BCUT2D eigenvalue weighted by Gasteiger charge is -2.10. The van der Waals surface area contributed by atoms with Gasteiger partial charge in [0.15, 0.2) is 0 Å². The molecule has 0 saturated heterocycles. The number of aliphatic carboxylic acids is 1. The molecule has 2 N–H and O–H groups in total. The first-order chi connectivity index (χ1) is 8.16. The Labute approximate surface area is 102 Å². The van der Waals surface area contributed by atoms with Gasteiger partial charge in [-0.3, -0.25) is 9.59 Å². The van der Waals surface area contributed by atoms with Crippen LogP contribution in [0.2, 0.25) is 0 Å². The van der Waals surface area contributed by atoms with E-state index in [1.807, 2.05) is 0 Å². The number of nitrogens with one attached hydrogen (secondary N) is 1. The fourth-order valence-corrected chi connectivity index (χ4v) is 2.60. The van der Waals surface area contributed by atoms with Crippen LogP contribution in [0.3, 0.4) is 0 Å². The summed E-state index contributed by atoms with van der Waals surface area (Å²) in [6.45, 7) is 0.754. The van der Waals surface area contributed by atoms with Gasteiger partial charge in [-0.1, -0.05) is 12.8 Å². The van der Waals surface area contributed by atoms with Crippen LogP contribution in [0.4, 0.5) is 0 Å². The molecule has 0 aromatic carbocycles. The molecule has 0 aromatic heterocycles. The zero-order valence-electron chi connectivity index (χ0n) is 10.2. The van der Waals surface area contributed by atoms with Gasteiger partial charge in [-0.15, -0.1) is 0 Å². The van der Waals surface area contributed by atoms with Crippen LogP contribution in [0, 0.1) is 17.8 Å². The van der Waals surface area contributed by atoms with Gasteiger partial charge in [0.2, 0.25) is 5.91 Å². The largest absolute Gasteiger partial charge is 0.481 e. The molecule has 1 amide bonds. The van der Waals surface area contributed by atoms with Crippen LogP contribution in [0.1, 0.15) is 44.9 Å². The highest BCUT2D eigenvalue weighted by atomic mass is 16.4. The topological polar surface area (TPSA) is 66.4 Å². The van der Waals surface area contributed by atoms with E-state index in [4.69, 9.17) is 5.11 Å². The molecule has 2 fully saturated rings. The Bertz CT molecular complexity index is 299. The van der Waals surface area contributed by atoms with Gasteiger partial charge in [0.05, 0.1) is 5.92 Å². The molecule has 0 radical (unpaired) electrons. The lowest BCUT2D eigenvalue weighted by Crippen LogP contribution is -2.30. The summed E-state index contributed by atoms with van der Waals surface area (Å²) in [4.78, 5) is 22.6. The minimum atomic E-state index is -0.756. The summed E-state index contributed by atoms with van der Waals surface area (Å²) < 4.78 is 0. The second-order valence-corrected chi connectivity index (χ2v) is 5.42. The first-order valence-electron chi connectivity index (χ1n) is 6.67. The highest BCUT2D eigenvalue weighted by Crippen LogP contribution is 2.33. The molecule has 96 valence electrons. The van der Waals surface area contributed by atoms with Gasteiger partial charge in [0.1, 0.15) is 0 Å². The van der Waals surface area contributed by atoms with Crippen LogP contribution in [0.25, 0.3) is 0 Å². The van der Waals surface area contributed by atoms with Gasteiger partial charge in [0, 0.05) is 12.5 Å². The third-order valence-electron chi connectivity index (χ3n) is 3.94. The standard InChI is InChI=1S/C13H21NO3/c15-12(14-7-1-2-9-3-4-9)10-5-6-11(8-10)13(16)17/h9-11H,1-8H2,(H,14,15)(H,16,17). The summed E-state index contributed by atoms with van der Waals surface area (Å²) in [5.41, 5.74) is 0. The summed E-state index contributed by atoms with van der Waals surface area (Å²) in [7, 11) is 0. The predicted octanol–water partition coefficient (Wildman–Crippen LogP) is 1.79. The van der Waals surface area contributed by atoms with E-state index >= 15 is 0 Å². The Balaban J connectivity index is 1.60. The van der Waals surface area contributed by atoms with Gasteiger partial charge in [0.25, 0.3) is 0 Å². The molecule has 2 rings (SSSR count). The first-order valence-corrected chi connectivity index (χ1v) is 6.67. The number of carbonyl (C=O) groups excluding carboxylic acids is 1. The molecular weight excluding hydrogens is 218 g/mol. The van der Waals surface area contributed by atoms with E-state index in [0.29, 0.717) is 12.8 Å². The Morgan fingerprint density at radius 3 is 2.41 bits per heavy atom. The van der Waals surface area contributed by atoms with Crippen molar-refractivity contribution in [3.8, 4) is 0 Å². The van der Waals surface area contributed by atoms with E-state index in [2.05, 4.69) is 5.32 Å². The van der Waals surface area contributed by atoms with E-state index in [0.717, 1.165) is 25.3 Å². The second-order valence-electron chi connectivity index (χ2n) is 5.42. The number of amides is 1. The molecule has 0 spiro atoms. The molecule has 2 saturated carbocycles. The van der Waals surface area contributed by atoms with Crippen LogP contribution in [0.5, 0.6) is 0 Å². The molecule has 4 nitrogen and oxygen atoms in total. The summed E-state index contributed by atoms with van der Waals surface area (Å²) in [5, 5.41) is 11.8. The Morgan fingerprint density at radius 2 is 1.82 bits per heavy atom. The number of carbonyl (C=O) groups is 2. The van der Waals surface area contributed by atoms with E-state index in [1.54, 1.807) is 0 Å². The normalized spacial score (nSPS) is 28.0. The minimum Gasteiger partial charge on any atom is -0.481 e. The van der Waals surface area contributed by atoms with Crippen molar-refractivity contribution in [1.29, 1.82) is 0 Å². The predicted molar refractivity (Wildman–Crippen MR) is 63.4 cm³/mol. The van der Waals surface area contributed by atoms with Gasteiger partial charge in [-0.25, -0.2) is 0 Å². The maximum absolute atomic E-state index is 11.8. The Kier molecular flexibility index (Phi) is 4.02. The number of carboxylic acids is 1. The van der Waals surface area contributed by atoms with E-state index in [1.165, 1.54) is 19.3 Å². The lowest BCUT2D eigenvalue weighted by atomic mass is 10.0. The van der Waals surface area contributed by atoms with Crippen LogP contribution >= 0.6 is 0 Å². The van der Waals surface area contributed by atoms with Crippen molar-refractivity contribution in [2.75, 3.05) is 6.54 Å². The summed E-state index contributed by atoms with van der Waals surface area (Å²) >= 11 is 0.